The third-order valence-electron chi connectivity index (χ3n) is 7.26. The quantitative estimate of drug-likeness (QED) is 0.174. The molecule has 0 aliphatic rings. The lowest BCUT2D eigenvalue weighted by molar-refractivity contribution is 1.62. The third kappa shape index (κ3) is 4.38. The van der Waals surface area contributed by atoms with Gasteiger partial charge in [0.15, 0.2) is 0 Å². The van der Waals surface area contributed by atoms with Gasteiger partial charge in [0.2, 0.25) is 0 Å². The van der Waals surface area contributed by atoms with Crippen molar-refractivity contribution in [1.82, 2.24) is 0 Å². The van der Waals surface area contributed by atoms with Crippen molar-refractivity contribution < 1.29 is 39.8 Å². The first-order valence-corrected chi connectivity index (χ1v) is 13.6. The van der Waals surface area contributed by atoms with Gasteiger partial charge in [-0.15, -0.1) is 0 Å². The number of hydrogen-bond donors (Lipinski definition) is 0. The number of benzene rings is 9. The van der Waals surface area contributed by atoms with E-state index in [1.807, 2.05) is 0 Å². The van der Waals surface area contributed by atoms with Crippen molar-refractivity contribution in [3.05, 3.63) is 181 Å². The van der Waals surface area contributed by atoms with Crippen molar-refractivity contribution in [3.63, 3.8) is 0 Å². The van der Waals surface area contributed by atoms with Gasteiger partial charge in [0.1, 0.15) is 0 Å². The molecule has 0 heteroatoms. The fourth-order valence-electron chi connectivity index (χ4n) is 5.25. The standard InChI is InChI=1S/C46H30/c1-2-11-31(12-3-1)37-27-28-43-44(30-37)45(35-24-22-34(23-25-35)40-20-10-16-33-14-6-7-17-39(33)40)41-18-8-9-19-42(41)46(43)38-26-21-32-13-4-5-15-36(32)29-38/h1-30H/i1D,2D,3D,4D,5D,6D,7D,8D,9D,10D,11D,12D,13D,14D,15D,16D,18D,19D,20D,21D,22D,23D,24D,25D,26D,27D,28D,29D,30D. The molecule has 0 fully saturated rings. The fraction of sp³-hybridized carbons (Fsp3) is 0. The highest BCUT2D eigenvalue weighted by molar-refractivity contribution is 6.22. The highest BCUT2D eigenvalue weighted by atomic mass is 14.2. The summed E-state index contributed by atoms with van der Waals surface area (Å²) in [5.74, 6) is 0. The molecule has 9 aromatic rings. The average Bonchev–Trinajstić information content (AvgIpc) is 3.37. The van der Waals surface area contributed by atoms with Crippen molar-refractivity contribution in [2.75, 3.05) is 0 Å². The lowest BCUT2D eigenvalue weighted by Crippen LogP contribution is -1.92. The molecule has 9 rings (SSSR count). The molecule has 0 radical (unpaired) electrons. The van der Waals surface area contributed by atoms with Crippen LogP contribution in [0.4, 0.5) is 0 Å². The molecule has 214 valence electrons. The van der Waals surface area contributed by atoms with E-state index in [4.69, 9.17) is 24.7 Å². The Balaban J connectivity index is 1.63. The Labute approximate surface area is 309 Å². The molecule has 0 unspecified atom stereocenters. The maximum atomic E-state index is 9.99. The molecule has 0 bridgehead atoms. The second-order valence-electron chi connectivity index (χ2n) is 9.83. The third-order valence-corrected chi connectivity index (χ3v) is 7.26. The molecule has 0 N–H and O–H groups in total. The van der Waals surface area contributed by atoms with Crippen molar-refractivity contribution in [2.24, 2.45) is 0 Å². The van der Waals surface area contributed by atoms with Crippen LogP contribution in [0.3, 0.4) is 0 Å². The largest absolute Gasteiger partial charge is 0.0636 e. The number of hydrogen-bond acceptors (Lipinski definition) is 0. The van der Waals surface area contributed by atoms with E-state index in [0.717, 1.165) is 6.07 Å². The molecular formula is C46H30. The summed E-state index contributed by atoms with van der Waals surface area (Å²) in [5, 5.41) is -5.43. The Bertz CT molecular complexity index is 4150. The molecular weight excluding hydrogens is 553 g/mol. The second-order valence-corrected chi connectivity index (χ2v) is 9.83. The predicted octanol–water partition coefficient (Wildman–Crippen LogP) is 13.0. The van der Waals surface area contributed by atoms with E-state index in [9.17, 15) is 15.1 Å². The van der Waals surface area contributed by atoms with Gasteiger partial charge in [-0.2, -0.15) is 0 Å². The van der Waals surface area contributed by atoms with E-state index in [1.54, 1.807) is 0 Å². The van der Waals surface area contributed by atoms with E-state index in [-0.39, 0.29) is 5.39 Å². The van der Waals surface area contributed by atoms with Crippen LogP contribution >= 0.6 is 0 Å². The zero-order chi connectivity index (χ0) is 55.7. The Kier molecular flexibility index (Phi) is 2.43. The molecule has 0 aliphatic carbocycles. The van der Waals surface area contributed by atoms with Crippen molar-refractivity contribution in [3.8, 4) is 44.5 Å². The van der Waals surface area contributed by atoms with Crippen LogP contribution in [-0.2, 0) is 0 Å². The van der Waals surface area contributed by atoms with Crippen LogP contribution in [0.1, 0.15) is 39.8 Å². The zero-order valence-corrected chi connectivity index (χ0v) is 23.1. The first-order chi connectivity index (χ1) is 34.9. The smallest absolute Gasteiger partial charge is 0.0622 e. The minimum atomic E-state index is -1.13. The molecule has 9 aromatic carbocycles. The Morgan fingerprint density at radius 3 is 1.70 bits per heavy atom. The number of rotatable bonds is 4. The molecule has 0 saturated heterocycles. The summed E-state index contributed by atoms with van der Waals surface area (Å²) < 4.78 is 261. The molecule has 0 aliphatic heterocycles. The second kappa shape index (κ2) is 10.9. The van der Waals surface area contributed by atoms with Gasteiger partial charge in [-0.3, -0.25) is 0 Å². The van der Waals surface area contributed by atoms with Gasteiger partial charge in [-0.25, -0.2) is 0 Å². The van der Waals surface area contributed by atoms with E-state index >= 15 is 0 Å². The monoisotopic (exact) mass is 611 g/mol. The van der Waals surface area contributed by atoms with Crippen LogP contribution in [0, 0.1) is 0 Å². The van der Waals surface area contributed by atoms with Crippen LogP contribution in [0.15, 0.2) is 181 Å². The lowest BCUT2D eigenvalue weighted by atomic mass is 9.84. The van der Waals surface area contributed by atoms with Crippen LogP contribution in [0.5, 0.6) is 0 Å². The van der Waals surface area contributed by atoms with E-state index in [2.05, 4.69) is 0 Å². The maximum Gasteiger partial charge on any atom is 0.0636 e. The van der Waals surface area contributed by atoms with Gasteiger partial charge >= 0.3 is 0 Å². The van der Waals surface area contributed by atoms with E-state index in [1.165, 1.54) is 0 Å². The first-order valence-electron chi connectivity index (χ1n) is 28.1. The molecule has 0 saturated carbocycles. The molecule has 0 heterocycles. The summed E-state index contributed by atoms with van der Waals surface area (Å²) in [4.78, 5) is 0. The van der Waals surface area contributed by atoms with Gasteiger partial charge in [0.25, 0.3) is 0 Å². The minimum absolute atomic E-state index is 0.361. The summed E-state index contributed by atoms with van der Waals surface area (Å²) in [6.45, 7) is 0. The zero-order valence-electron chi connectivity index (χ0n) is 52.1. The van der Waals surface area contributed by atoms with Crippen LogP contribution in [0.2, 0.25) is 0 Å². The maximum absolute atomic E-state index is 9.99. The van der Waals surface area contributed by atoms with Crippen molar-refractivity contribution in [2.45, 2.75) is 0 Å². The van der Waals surface area contributed by atoms with Crippen LogP contribution < -0.4 is 0 Å². The summed E-state index contributed by atoms with van der Waals surface area (Å²) in [6, 6.07) is -26.7. The van der Waals surface area contributed by atoms with Gasteiger partial charge in [0.05, 0.1) is 39.8 Å². The molecule has 0 atom stereocenters. The van der Waals surface area contributed by atoms with Gasteiger partial charge in [-0.05, 0) is 99.7 Å². The molecule has 0 nitrogen and oxygen atoms in total. The average molecular weight is 612 g/mol. The highest BCUT2D eigenvalue weighted by Crippen LogP contribution is 2.45. The minimum Gasteiger partial charge on any atom is -0.0622 e. The van der Waals surface area contributed by atoms with Gasteiger partial charge < -0.3 is 0 Å². The Morgan fingerprint density at radius 1 is 0.283 bits per heavy atom. The Hall–Kier alpha value is -5.98. The molecule has 0 amide bonds. The Morgan fingerprint density at radius 2 is 0.870 bits per heavy atom. The molecule has 0 aromatic heterocycles. The summed E-state index contributed by atoms with van der Waals surface area (Å²) in [5.41, 5.74) is -6.52. The molecule has 0 spiro atoms. The normalized spacial score (nSPS) is 20.3. The topological polar surface area (TPSA) is 0 Å². The molecule has 46 heavy (non-hydrogen) atoms. The summed E-state index contributed by atoms with van der Waals surface area (Å²) >= 11 is 0. The highest BCUT2D eigenvalue weighted by Gasteiger charge is 2.18. The predicted molar refractivity (Wildman–Crippen MR) is 198 cm³/mol. The van der Waals surface area contributed by atoms with E-state index in [0.29, 0.717) is 0 Å². The fourth-order valence-corrected chi connectivity index (χ4v) is 5.25. The summed E-state index contributed by atoms with van der Waals surface area (Å²) in [7, 11) is 0. The van der Waals surface area contributed by atoms with Crippen LogP contribution in [0.25, 0.3) is 87.6 Å². The first kappa shape index (κ1) is 10.3. The number of fused-ring (bicyclic) bond motifs is 4. The van der Waals surface area contributed by atoms with Crippen LogP contribution in [-0.4, -0.2) is 0 Å². The van der Waals surface area contributed by atoms with Crippen molar-refractivity contribution >= 4 is 43.1 Å². The van der Waals surface area contributed by atoms with Crippen molar-refractivity contribution in [1.29, 1.82) is 0 Å². The van der Waals surface area contributed by atoms with Gasteiger partial charge in [0, 0.05) is 0 Å². The summed E-state index contributed by atoms with van der Waals surface area (Å²) in [6.07, 6.45) is 0. The lowest BCUT2D eigenvalue weighted by Gasteiger charge is -2.19. The SMILES string of the molecule is [2H]c1cc2c(-c3c([2H])c([2H])c(-c4c5c([2H])c([2H])c([2H])c([2H])c5c(-c5c([2H])c([2H])c6c([2H])c([2H])c([2H])c([2H])c6c5[2H])c5c([2H])c([2H])c(-c6c([2H])c([2H])c([2H])c([2H])c6[2H])c([2H])c45)c([2H])c3[2H])c([2H])c([2H])c([2H])c2c([2H])c1[2H]. The van der Waals surface area contributed by atoms with Gasteiger partial charge in [-0.1, -0.05) is 169 Å². The van der Waals surface area contributed by atoms with E-state index < -0.39 is 257 Å².